The second-order valence-electron chi connectivity index (χ2n) is 4.94. The maximum Gasteiger partial charge on any atom is 0.271 e. The molecule has 2 rings (SSSR count). The average molecular weight is 330 g/mol. The predicted octanol–water partition coefficient (Wildman–Crippen LogP) is 2.27. The molecule has 24 heavy (non-hydrogen) atoms. The van der Waals surface area contributed by atoms with Crippen LogP contribution in [0, 0.1) is 0 Å². The van der Waals surface area contributed by atoms with Gasteiger partial charge < -0.3 is 19.7 Å². The molecule has 7 heteroatoms. The summed E-state index contributed by atoms with van der Waals surface area (Å²) in [6.45, 7) is 1.60. The van der Waals surface area contributed by atoms with Crippen molar-refractivity contribution in [3.05, 3.63) is 47.5 Å². The molecule has 0 saturated carbocycles. The quantitative estimate of drug-likeness (QED) is 0.443. The summed E-state index contributed by atoms with van der Waals surface area (Å²) in [5.74, 6) is 0.426. The van der Waals surface area contributed by atoms with E-state index in [9.17, 15) is 15.0 Å². The van der Waals surface area contributed by atoms with Gasteiger partial charge in [0.15, 0.2) is 0 Å². The maximum atomic E-state index is 12.2. The summed E-state index contributed by atoms with van der Waals surface area (Å²) >= 11 is 0. The lowest BCUT2D eigenvalue weighted by Crippen LogP contribution is -2.19. The van der Waals surface area contributed by atoms with E-state index in [2.05, 4.69) is 10.5 Å². The molecule has 0 saturated heterocycles. The number of nitrogens with one attached hydrogen (secondary N) is 1. The summed E-state index contributed by atoms with van der Waals surface area (Å²) < 4.78 is 10.2. The highest BCUT2D eigenvalue weighted by Crippen LogP contribution is 2.23. The number of nitrogens with zero attached hydrogens (tertiary/aromatic N) is 1. The average Bonchev–Trinajstić information content (AvgIpc) is 2.60. The van der Waals surface area contributed by atoms with Crippen molar-refractivity contribution >= 4 is 11.6 Å². The number of rotatable bonds is 5. The summed E-state index contributed by atoms with van der Waals surface area (Å²) in [6, 6.07) is 8.81. The van der Waals surface area contributed by atoms with Gasteiger partial charge in [-0.15, -0.1) is 0 Å². The number of ether oxygens (including phenoxy) is 2. The highest BCUT2D eigenvalue weighted by molar-refractivity contribution is 6.03. The first-order chi connectivity index (χ1) is 11.4. The van der Waals surface area contributed by atoms with Crippen LogP contribution in [-0.4, -0.2) is 36.1 Å². The van der Waals surface area contributed by atoms with Crippen molar-refractivity contribution < 1.29 is 24.5 Å². The third-order valence-electron chi connectivity index (χ3n) is 3.31. The first-order valence-corrected chi connectivity index (χ1v) is 7.04. The van der Waals surface area contributed by atoms with Crippen LogP contribution in [0.25, 0.3) is 0 Å². The van der Waals surface area contributed by atoms with E-state index >= 15 is 0 Å². The molecule has 0 radical (unpaired) electrons. The molecule has 7 nitrogen and oxygen atoms in total. The van der Waals surface area contributed by atoms with Gasteiger partial charge in [0.25, 0.3) is 5.91 Å². The lowest BCUT2D eigenvalue weighted by atomic mass is 10.1. The van der Waals surface area contributed by atoms with Crippen LogP contribution in [0.1, 0.15) is 22.8 Å². The van der Waals surface area contributed by atoms with Gasteiger partial charge >= 0.3 is 0 Å². The minimum Gasteiger partial charge on any atom is -0.508 e. The minimum absolute atomic E-state index is 0.0128. The molecular formula is C17H18N2O5. The number of benzene rings is 2. The van der Waals surface area contributed by atoms with Gasteiger partial charge in [-0.3, -0.25) is 4.79 Å². The zero-order chi connectivity index (χ0) is 17.7. The molecule has 1 amide bonds. The fourth-order valence-electron chi connectivity index (χ4n) is 2.01. The fourth-order valence-corrected chi connectivity index (χ4v) is 2.01. The zero-order valence-electron chi connectivity index (χ0n) is 13.5. The summed E-state index contributed by atoms with van der Waals surface area (Å²) in [4.78, 5) is 12.2. The molecular weight excluding hydrogens is 312 g/mol. The van der Waals surface area contributed by atoms with Gasteiger partial charge in [0.2, 0.25) is 0 Å². The van der Waals surface area contributed by atoms with Gasteiger partial charge in [0.1, 0.15) is 23.0 Å². The van der Waals surface area contributed by atoms with Crippen LogP contribution < -0.4 is 14.9 Å². The number of amides is 1. The van der Waals surface area contributed by atoms with Gasteiger partial charge in [-0.1, -0.05) is 0 Å². The van der Waals surface area contributed by atoms with Crippen LogP contribution in [-0.2, 0) is 0 Å². The first kappa shape index (κ1) is 17.1. The Morgan fingerprint density at radius 1 is 1.04 bits per heavy atom. The predicted molar refractivity (Wildman–Crippen MR) is 89.0 cm³/mol. The van der Waals surface area contributed by atoms with E-state index in [1.54, 1.807) is 25.1 Å². The number of methoxy groups -OCH3 is 2. The second kappa shape index (κ2) is 7.36. The van der Waals surface area contributed by atoms with Gasteiger partial charge in [-0.2, -0.15) is 5.10 Å². The second-order valence-corrected chi connectivity index (χ2v) is 4.94. The summed E-state index contributed by atoms with van der Waals surface area (Å²) in [5.41, 5.74) is 3.36. The lowest BCUT2D eigenvalue weighted by molar-refractivity contribution is 0.0954. The minimum atomic E-state index is -0.466. The van der Waals surface area contributed by atoms with Crippen LogP contribution in [0.4, 0.5) is 0 Å². The molecule has 0 bridgehead atoms. The summed E-state index contributed by atoms with van der Waals surface area (Å²) in [6.07, 6.45) is 0. The molecule has 0 spiro atoms. The smallest absolute Gasteiger partial charge is 0.271 e. The molecule has 0 atom stereocenters. The van der Waals surface area contributed by atoms with Crippen molar-refractivity contribution in [1.29, 1.82) is 0 Å². The third-order valence-corrected chi connectivity index (χ3v) is 3.31. The third kappa shape index (κ3) is 3.95. The Labute approximate surface area is 139 Å². The van der Waals surface area contributed by atoms with Crippen molar-refractivity contribution in [3.63, 3.8) is 0 Å². The van der Waals surface area contributed by atoms with Crippen molar-refractivity contribution in [3.8, 4) is 23.0 Å². The SMILES string of the molecule is COc1cc(OC)cc(C(=O)NN=C(C)c2cc(O)ccc2O)c1. The van der Waals surface area contributed by atoms with Crippen LogP contribution in [0.5, 0.6) is 23.0 Å². The van der Waals surface area contributed by atoms with E-state index in [4.69, 9.17) is 9.47 Å². The Kier molecular flexibility index (Phi) is 5.26. The monoisotopic (exact) mass is 330 g/mol. The van der Waals surface area contributed by atoms with Gasteiger partial charge in [0, 0.05) is 17.2 Å². The Morgan fingerprint density at radius 2 is 1.67 bits per heavy atom. The topological polar surface area (TPSA) is 100 Å². The number of carbonyl (C=O) groups is 1. The van der Waals surface area contributed by atoms with Crippen molar-refractivity contribution in [2.24, 2.45) is 5.10 Å². The number of aromatic hydroxyl groups is 2. The van der Waals surface area contributed by atoms with Gasteiger partial charge in [-0.25, -0.2) is 5.43 Å². The van der Waals surface area contributed by atoms with Crippen molar-refractivity contribution in [2.45, 2.75) is 6.92 Å². The highest BCUT2D eigenvalue weighted by atomic mass is 16.5. The number of hydrogen-bond acceptors (Lipinski definition) is 6. The van der Waals surface area contributed by atoms with E-state index in [-0.39, 0.29) is 11.5 Å². The number of hydrazone groups is 1. The normalized spacial score (nSPS) is 11.0. The van der Waals surface area contributed by atoms with Crippen molar-refractivity contribution in [2.75, 3.05) is 14.2 Å². The molecule has 0 fully saturated rings. The Morgan fingerprint density at radius 3 is 2.25 bits per heavy atom. The van der Waals surface area contributed by atoms with Crippen LogP contribution in [0.15, 0.2) is 41.5 Å². The number of carbonyl (C=O) groups excluding carboxylic acids is 1. The highest BCUT2D eigenvalue weighted by Gasteiger charge is 2.11. The Balaban J connectivity index is 2.22. The standard InChI is InChI=1S/C17H18N2O5/c1-10(15-8-12(20)4-5-16(15)21)18-19-17(22)11-6-13(23-2)9-14(7-11)24-3/h4-9,20-21H,1-3H3,(H,19,22). The molecule has 0 unspecified atom stereocenters. The molecule has 0 aliphatic rings. The summed E-state index contributed by atoms with van der Waals surface area (Å²) in [7, 11) is 2.98. The lowest BCUT2D eigenvalue weighted by Gasteiger charge is -2.08. The molecule has 0 aliphatic carbocycles. The van der Waals surface area contributed by atoms with Crippen LogP contribution in [0.2, 0.25) is 0 Å². The molecule has 0 aromatic heterocycles. The number of phenolic OH excluding ortho intramolecular Hbond substituents is 2. The maximum absolute atomic E-state index is 12.2. The molecule has 3 N–H and O–H groups in total. The molecule has 126 valence electrons. The molecule has 2 aromatic rings. The van der Waals surface area contributed by atoms with E-state index in [0.717, 1.165) is 0 Å². The summed E-state index contributed by atoms with van der Waals surface area (Å²) in [5, 5.41) is 23.2. The fraction of sp³-hybridized carbons (Fsp3) is 0.176. The van der Waals surface area contributed by atoms with E-state index in [1.807, 2.05) is 0 Å². The largest absolute Gasteiger partial charge is 0.508 e. The van der Waals surface area contributed by atoms with E-state index in [1.165, 1.54) is 32.4 Å². The Hall–Kier alpha value is -3.22. The number of hydrogen-bond donors (Lipinski definition) is 3. The van der Waals surface area contributed by atoms with Gasteiger partial charge in [-0.05, 0) is 37.3 Å². The van der Waals surface area contributed by atoms with E-state index < -0.39 is 5.91 Å². The zero-order valence-corrected chi connectivity index (χ0v) is 13.5. The van der Waals surface area contributed by atoms with E-state index in [0.29, 0.717) is 28.3 Å². The molecule has 2 aromatic carbocycles. The van der Waals surface area contributed by atoms with Crippen LogP contribution >= 0.6 is 0 Å². The first-order valence-electron chi connectivity index (χ1n) is 7.04. The van der Waals surface area contributed by atoms with Gasteiger partial charge in [0.05, 0.1) is 19.9 Å². The molecule has 0 aliphatic heterocycles. The number of phenols is 2. The van der Waals surface area contributed by atoms with Crippen molar-refractivity contribution in [1.82, 2.24) is 5.43 Å². The molecule has 0 heterocycles. The van der Waals surface area contributed by atoms with Crippen LogP contribution in [0.3, 0.4) is 0 Å². The Bertz CT molecular complexity index is 764.